The number of nitrogens with one attached hydrogen (secondary N) is 2. The third-order valence-electron chi connectivity index (χ3n) is 7.20. The van der Waals surface area contributed by atoms with E-state index in [9.17, 15) is 13.5 Å². The van der Waals surface area contributed by atoms with E-state index in [0.717, 1.165) is 34.1 Å². The number of aromatic nitrogens is 3. The number of aliphatic hydroxyl groups is 1. The van der Waals surface area contributed by atoms with Gasteiger partial charge in [0, 0.05) is 41.1 Å². The van der Waals surface area contributed by atoms with Crippen LogP contribution in [-0.4, -0.2) is 41.7 Å². The van der Waals surface area contributed by atoms with E-state index < -0.39 is 16.1 Å². The van der Waals surface area contributed by atoms with Gasteiger partial charge in [-0.1, -0.05) is 59.8 Å². The van der Waals surface area contributed by atoms with Crippen LogP contribution < -0.4 is 14.8 Å². The van der Waals surface area contributed by atoms with Gasteiger partial charge in [0.25, 0.3) is 15.9 Å². The number of hydrogen-bond donors (Lipinski definition) is 3. The minimum atomic E-state index is -3.81. The fourth-order valence-electron chi connectivity index (χ4n) is 4.79. The number of sulfonamides is 1. The molecule has 0 saturated heterocycles. The number of hydrogen-bond acceptors (Lipinski definition) is 9. The lowest BCUT2D eigenvalue weighted by Gasteiger charge is -2.12. The fraction of sp³-hybridized carbons (Fsp3) is 0.147. The molecule has 228 valence electrons. The molecule has 0 spiro atoms. The molecule has 4 aromatic carbocycles. The number of aliphatic hydroxyl groups excluding tert-OH is 1. The van der Waals surface area contributed by atoms with E-state index in [1.54, 1.807) is 42.7 Å². The monoisotopic (exact) mass is 621 g/mol. The second-order valence-electron chi connectivity index (χ2n) is 10.4. The Kier molecular flexibility index (Phi) is 9.11. The van der Waals surface area contributed by atoms with Crippen molar-refractivity contribution >= 4 is 26.5 Å². The van der Waals surface area contributed by atoms with Gasteiger partial charge in [-0.3, -0.25) is 9.71 Å². The van der Waals surface area contributed by atoms with Crippen molar-refractivity contribution in [2.24, 2.45) is 0 Å². The molecule has 0 fully saturated rings. The normalized spacial score (nSPS) is 12.2. The predicted molar refractivity (Wildman–Crippen MR) is 171 cm³/mol. The first kappa shape index (κ1) is 29.9. The lowest BCUT2D eigenvalue weighted by molar-refractivity contribution is 0.174. The summed E-state index contributed by atoms with van der Waals surface area (Å²) in [4.78, 5) is 8.53. The molecule has 0 amide bonds. The summed E-state index contributed by atoms with van der Waals surface area (Å²) in [5.74, 6) is 1.35. The lowest BCUT2D eigenvalue weighted by Crippen LogP contribution is -2.23. The van der Waals surface area contributed by atoms with Gasteiger partial charge in [0.15, 0.2) is 6.61 Å². The molecule has 0 saturated carbocycles. The quantitative estimate of drug-likeness (QED) is 0.142. The maximum Gasteiger partial charge on any atom is 0.264 e. The van der Waals surface area contributed by atoms with Gasteiger partial charge in [0.05, 0.1) is 11.0 Å². The summed E-state index contributed by atoms with van der Waals surface area (Å²) in [6.07, 6.45) is 3.41. The Hall–Kier alpha value is -5.10. The molecule has 11 heteroatoms. The van der Waals surface area contributed by atoms with Crippen LogP contribution in [0.3, 0.4) is 0 Å². The Morgan fingerprint density at radius 3 is 2.49 bits per heavy atom. The second-order valence-corrected chi connectivity index (χ2v) is 12.0. The first-order valence-corrected chi connectivity index (χ1v) is 15.9. The van der Waals surface area contributed by atoms with E-state index in [1.165, 1.54) is 12.1 Å². The van der Waals surface area contributed by atoms with Crippen molar-refractivity contribution < 1.29 is 22.8 Å². The Morgan fingerprint density at radius 1 is 0.889 bits per heavy atom. The van der Waals surface area contributed by atoms with Gasteiger partial charge < -0.3 is 19.7 Å². The van der Waals surface area contributed by atoms with E-state index >= 15 is 0 Å². The number of nitrogens with zero attached hydrogens (tertiary/aromatic N) is 3. The van der Waals surface area contributed by atoms with Crippen LogP contribution in [0.4, 0.5) is 5.69 Å². The number of ether oxygens (including phenoxy) is 1. The van der Waals surface area contributed by atoms with Gasteiger partial charge in [-0.2, -0.15) is 4.98 Å². The van der Waals surface area contributed by atoms with Gasteiger partial charge >= 0.3 is 0 Å². The SMILES string of the molecule is O=S(=O)(Nc1ccc(CCNCC(O)c2cccnc2)cc1)c1ccc(-c2noc(COc3cccc4ccccc34)n2)cc1. The van der Waals surface area contributed by atoms with Gasteiger partial charge in [-0.25, -0.2) is 8.42 Å². The van der Waals surface area contributed by atoms with Crippen LogP contribution >= 0.6 is 0 Å². The summed E-state index contributed by atoms with van der Waals surface area (Å²) in [6, 6.07) is 30.9. The molecule has 0 aliphatic rings. The molecule has 6 aromatic rings. The molecule has 2 heterocycles. The molecule has 0 radical (unpaired) electrons. The zero-order valence-corrected chi connectivity index (χ0v) is 25.0. The van der Waals surface area contributed by atoms with Crippen LogP contribution in [0.2, 0.25) is 0 Å². The third kappa shape index (κ3) is 7.52. The number of fused-ring (bicyclic) bond motifs is 1. The van der Waals surface area contributed by atoms with Crippen LogP contribution in [0, 0.1) is 0 Å². The van der Waals surface area contributed by atoms with Crippen LogP contribution in [0.15, 0.2) is 125 Å². The minimum Gasteiger partial charge on any atom is -0.483 e. The average molecular weight is 622 g/mol. The van der Waals surface area contributed by atoms with Crippen molar-refractivity contribution in [2.75, 3.05) is 17.8 Å². The highest BCUT2D eigenvalue weighted by atomic mass is 32.2. The minimum absolute atomic E-state index is 0.0992. The van der Waals surface area contributed by atoms with Crippen LogP contribution in [0.1, 0.15) is 23.1 Å². The number of rotatable bonds is 13. The van der Waals surface area contributed by atoms with Crippen molar-refractivity contribution in [2.45, 2.75) is 24.0 Å². The molecule has 10 nitrogen and oxygen atoms in total. The van der Waals surface area contributed by atoms with Crippen molar-refractivity contribution in [3.63, 3.8) is 0 Å². The first-order chi connectivity index (χ1) is 21.9. The predicted octanol–water partition coefficient (Wildman–Crippen LogP) is 5.53. The number of benzene rings is 4. The second kappa shape index (κ2) is 13.7. The lowest BCUT2D eigenvalue weighted by atomic mass is 10.1. The molecular weight excluding hydrogens is 590 g/mol. The molecule has 2 aromatic heterocycles. The van der Waals surface area contributed by atoms with Crippen LogP contribution in [0.5, 0.6) is 5.75 Å². The molecular formula is C34H31N5O5S. The summed E-state index contributed by atoms with van der Waals surface area (Å²) in [5, 5.41) is 19.6. The smallest absolute Gasteiger partial charge is 0.264 e. The average Bonchev–Trinajstić information content (AvgIpc) is 3.56. The summed E-state index contributed by atoms with van der Waals surface area (Å²) >= 11 is 0. The van der Waals surface area contributed by atoms with Crippen molar-refractivity contribution in [1.82, 2.24) is 20.4 Å². The van der Waals surface area contributed by atoms with E-state index in [4.69, 9.17) is 9.26 Å². The molecule has 3 N–H and O–H groups in total. The zero-order valence-electron chi connectivity index (χ0n) is 24.2. The summed E-state index contributed by atoms with van der Waals surface area (Å²) in [5.41, 5.74) is 2.86. The first-order valence-electron chi connectivity index (χ1n) is 14.4. The van der Waals surface area contributed by atoms with Crippen molar-refractivity contribution in [3.8, 4) is 17.1 Å². The van der Waals surface area contributed by atoms with Gasteiger partial charge in [-0.05, 0) is 72.4 Å². The summed E-state index contributed by atoms with van der Waals surface area (Å²) in [6.45, 7) is 1.17. The molecule has 1 unspecified atom stereocenters. The van der Waals surface area contributed by atoms with Crippen molar-refractivity contribution in [3.05, 3.63) is 133 Å². The maximum atomic E-state index is 13.0. The topological polar surface area (TPSA) is 139 Å². The number of anilines is 1. The van der Waals surface area contributed by atoms with Crippen LogP contribution in [-0.2, 0) is 23.1 Å². The Balaban J connectivity index is 1.00. The van der Waals surface area contributed by atoms with Gasteiger partial charge in [0.2, 0.25) is 5.82 Å². The highest BCUT2D eigenvalue weighted by Gasteiger charge is 2.16. The Morgan fingerprint density at radius 2 is 1.69 bits per heavy atom. The van der Waals surface area contributed by atoms with Gasteiger partial charge in [-0.15, -0.1) is 0 Å². The molecule has 6 rings (SSSR count). The maximum absolute atomic E-state index is 13.0. The van der Waals surface area contributed by atoms with E-state index in [2.05, 4.69) is 25.2 Å². The standard InChI is InChI=1S/C34H31N5O5S/c40-31(27-7-4-19-35-21-27)22-36-20-18-24-10-14-28(15-11-24)39-45(41,42)29-16-12-26(13-17-29)34-37-33(44-38-34)23-43-32-9-3-6-25-5-1-2-8-30(25)32/h1-17,19,21,31,36,39-40H,18,20,22-23H2. The molecule has 0 bridgehead atoms. The van der Waals surface area contributed by atoms with E-state index in [0.29, 0.717) is 36.1 Å². The van der Waals surface area contributed by atoms with Crippen molar-refractivity contribution in [1.29, 1.82) is 0 Å². The summed E-state index contributed by atoms with van der Waals surface area (Å²) in [7, 11) is -3.81. The summed E-state index contributed by atoms with van der Waals surface area (Å²) < 4.78 is 40.0. The zero-order chi connectivity index (χ0) is 31.1. The largest absolute Gasteiger partial charge is 0.483 e. The van der Waals surface area contributed by atoms with Crippen LogP contribution in [0.25, 0.3) is 22.2 Å². The molecule has 0 aliphatic heterocycles. The van der Waals surface area contributed by atoms with Gasteiger partial charge in [0.1, 0.15) is 5.75 Å². The highest BCUT2D eigenvalue weighted by molar-refractivity contribution is 7.92. The Bertz CT molecular complexity index is 1960. The molecule has 45 heavy (non-hydrogen) atoms. The number of pyridine rings is 1. The van der Waals surface area contributed by atoms with E-state index in [1.807, 2.05) is 60.7 Å². The fourth-order valence-corrected chi connectivity index (χ4v) is 5.85. The Labute approximate surface area is 260 Å². The van der Waals surface area contributed by atoms with E-state index in [-0.39, 0.29) is 11.5 Å². The highest BCUT2D eigenvalue weighted by Crippen LogP contribution is 2.26. The molecule has 0 aliphatic carbocycles. The third-order valence-corrected chi connectivity index (χ3v) is 8.59. The molecule has 1 atom stereocenters.